The van der Waals surface area contributed by atoms with Crippen LogP contribution in [0.25, 0.3) is 0 Å². The predicted molar refractivity (Wildman–Crippen MR) is 146 cm³/mol. The molecule has 17 nitrogen and oxygen atoms in total. The first kappa shape index (κ1) is 27.8. The largest absolute Gasteiger partial charge is 0.446 e. The summed E-state index contributed by atoms with van der Waals surface area (Å²) in [5.41, 5.74) is 75.4. The fourth-order valence-corrected chi connectivity index (χ4v) is 3.79. The van der Waals surface area contributed by atoms with Gasteiger partial charge in [-0.05, 0) is 16.6 Å². The van der Waals surface area contributed by atoms with Crippen LogP contribution in [0.15, 0.2) is 5.18 Å². The maximum atomic E-state index is 11.6. The molecule has 191 valence electrons. The van der Waals surface area contributed by atoms with Gasteiger partial charge in [0.25, 0.3) is 0 Å². The average Bonchev–Trinajstić information content (AvgIpc) is 2.81. The SMILES string of the molecule is Nc1[c-]c([N+](N)(c2c(N)c(N)c(N)c(N)c2N)c2c(N)c(N)c(N)c(N=O)c2N)c(N)c(N)c1N.[Np]. The Hall–Kier alpha value is -4.41. The van der Waals surface area contributed by atoms with Crippen LogP contribution in [0.5, 0.6) is 0 Å². The van der Waals surface area contributed by atoms with Gasteiger partial charge in [0.2, 0.25) is 11.4 Å². The van der Waals surface area contributed by atoms with E-state index in [4.69, 9.17) is 80.4 Å². The van der Waals surface area contributed by atoms with Crippen molar-refractivity contribution in [3.63, 3.8) is 0 Å². The molecule has 1 unspecified atom stereocenters. The van der Waals surface area contributed by atoms with Gasteiger partial charge in [-0.2, -0.15) is 10.4 Å². The van der Waals surface area contributed by atoms with Crippen LogP contribution in [0, 0.1) is 40.9 Å². The Labute approximate surface area is 227 Å². The second-order valence-electron chi connectivity index (χ2n) is 7.71. The molecule has 1 atom stereocenters. The molecular weight excluding hydrogens is 693 g/mol. The van der Waals surface area contributed by atoms with Crippen molar-refractivity contribution in [2.45, 2.75) is 0 Å². The summed E-state index contributed by atoms with van der Waals surface area (Å²) in [6.07, 6.45) is 0. The van der Waals surface area contributed by atoms with Crippen molar-refractivity contribution in [3.05, 3.63) is 11.0 Å². The zero-order valence-electron chi connectivity index (χ0n) is 18.8. The van der Waals surface area contributed by atoms with Gasteiger partial charge in [-0.15, -0.1) is 4.91 Å². The Morgan fingerprint density at radius 2 is 0.861 bits per heavy atom. The van der Waals surface area contributed by atoms with Crippen molar-refractivity contribution in [2.24, 2.45) is 11.0 Å². The molecule has 28 N–H and O–H groups in total. The summed E-state index contributed by atoms with van der Waals surface area (Å²) in [6.45, 7) is 0. The van der Waals surface area contributed by atoms with Crippen molar-refractivity contribution in [1.82, 2.24) is 4.59 Å². The maximum Gasteiger partial charge on any atom is 0.211 e. The molecule has 0 amide bonds. The second kappa shape index (κ2) is 8.99. The molecule has 0 aliphatic carbocycles. The topological polar surface area (TPSA) is 394 Å². The van der Waals surface area contributed by atoms with Gasteiger partial charge >= 0.3 is 0 Å². The van der Waals surface area contributed by atoms with E-state index in [0.29, 0.717) is 0 Å². The molecule has 0 spiro atoms. The Bertz CT molecular complexity index is 1390. The minimum Gasteiger partial charge on any atom is -0.446 e. The number of nitrogen functional groups attached to an aromatic ring is 13. The Balaban J connectivity index is 0.00000456. The summed E-state index contributed by atoms with van der Waals surface area (Å²) in [6, 6.07) is 2.74. The van der Waals surface area contributed by atoms with Crippen LogP contribution >= 0.6 is 0 Å². The average molecular weight is 722 g/mol. The van der Waals surface area contributed by atoms with Gasteiger partial charge in [0.15, 0.2) is 5.69 Å². The monoisotopic (exact) mass is 720 g/mol. The second-order valence-corrected chi connectivity index (χ2v) is 7.71. The van der Waals surface area contributed by atoms with E-state index in [-0.39, 0.29) is 115 Å². The molecular formula is C18H28N16NpO. The normalized spacial score (nSPS) is 12.5. The summed E-state index contributed by atoms with van der Waals surface area (Å²) in [7, 11) is 0. The van der Waals surface area contributed by atoms with Gasteiger partial charge in [0.1, 0.15) is 22.7 Å². The van der Waals surface area contributed by atoms with E-state index in [9.17, 15) is 4.91 Å². The third kappa shape index (κ3) is 3.46. The first-order valence-electron chi connectivity index (χ1n) is 9.59. The fraction of sp³-hybridized carbons (Fsp3) is 0. The van der Waals surface area contributed by atoms with Gasteiger partial charge in [0.05, 0.1) is 34.1 Å². The molecule has 0 heterocycles. The molecule has 0 aromatic heterocycles. The quantitative estimate of drug-likeness (QED) is 0.0395. The van der Waals surface area contributed by atoms with E-state index in [1.165, 1.54) is 0 Å². The number of hydrogen-bond donors (Lipinski definition) is 14. The van der Waals surface area contributed by atoms with Crippen LogP contribution < -0.4 is 85.0 Å². The number of nitrogens with zero attached hydrogens (tertiary/aromatic N) is 2. The van der Waals surface area contributed by atoms with E-state index >= 15 is 0 Å². The van der Waals surface area contributed by atoms with Crippen molar-refractivity contribution >= 4 is 96.7 Å². The zero-order chi connectivity index (χ0) is 26.7. The smallest absolute Gasteiger partial charge is 0.211 e. The third-order valence-electron chi connectivity index (χ3n) is 5.80. The number of nitrogens with two attached hydrogens (primary N) is 14. The third-order valence-corrected chi connectivity index (χ3v) is 5.80. The number of quaternary nitrogens is 1. The first-order valence-corrected chi connectivity index (χ1v) is 9.59. The van der Waals surface area contributed by atoms with Gasteiger partial charge < -0.3 is 74.5 Å². The molecule has 3 aromatic carbocycles. The van der Waals surface area contributed by atoms with Crippen molar-refractivity contribution in [2.75, 3.05) is 74.5 Å². The summed E-state index contributed by atoms with van der Waals surface area (Å²) in [5, 5.41) is 2.85. The van der Waals surface area contributed by atoms with Crippen LogP contribution in [-0.2, 0) is 0 Å². The molecule has 1 radical (unpaired) electrons. The summed E-state index contributed by atoms with van der Waals surface area (Å²) < 4.78 is -1.24. The Kier molecular flexibility index (Phi) is 6.95. The van der Waals surface area contributed by atoms with Crippen LogP contribution in [0.3, 0.4) is 0 Å². The summed E-state index contributed by atoms with van der Waals surface area (Å²) >= 11 is 0. The van der Waals surface area contributed by atoms with E-state index in [1.54, 1.807) is 0 Å². The number of hydrogen-bond acceptors (Lipinski definition) is 16. The summed E-state index contributed by atoms with van der Waals surface area (Å²) in [5.74, 6) is 6.95. The van der Waals surface area contributed by atoms with Crippen molar-refractivity contribution in [3.8, 4) is 0 Å². The van der Waals surface area contributed by atoms with E-state index in [1.807, 2.05) is 0 Å². The number of nitroso groups, excluding NO2 is 1. The zero-order valence-corrected chi connectivity index (χ0v) is 22.6. The first-order chi connectivity index (χ1) is 16.1. The van der Waals surface area contributed by atoms with Crippen LogP contribution in [0.1, 0.15) is 0 Å². The van der Waals surface area contributed by atoms with Crippen LogP contribution in [0.2, 0.25) is 0 Å². The van der Waals surface area contributed by atoms with Gasteiger partial charge in [-0.1, -0.05) is 11.8 Å². The molecule has 3 aromatic rings. The molecule has 3 rings (SSSR count). The summed E-state index contributed by atoms with van der Waals surface area (Å²) in [4.78, 5) is 11.6. The molecule has 0 saturated carbocycles. The molecule has 0 aliphatic rings. The van der Waals surface area contributed by atoms with E-state index in [0.717, 1.165) is 0 Å². The Morgan fingerprint density at radius 1 is 0.500 bits per heavy atom. The molecule has 36 heavy (non-hydrogen) atoms. The van der Waals surface area contributed by atoms with Gasteiger partial charge in [-0.3, -0.25) is 0 Å². The number of rotatable bonds is 4. The minimum absolute atomic E-state index is 0. The molecule has 18 heteroatoms. The maximum absolute atomic E-state index is 11.6. The standard InChI is InChI=1S/C18H28N16O.Np/c19-2-1-3(5(21)6(22)4(2)20)34(32,17-12(28)8(24)7(23)9(25)13(17)29)18-14(30)10(26)11(27)16(33-35)15(18)31;/h19-32H2;. The van der Waals surface area contributed by atoms with Gasteiger partial charge in [0, 0.05) is 35.6 Å². The number of benzene rings is 3. The van der Waals surface area contributed by atoms with Crippen molar-refractivity contribution < 1.29 is 29.9 Å². The molecule has 0 fully saturated rings. The van der Waals surface area contributed by atoms with Gasteiger partial charge in [-0.25, -0.2) is 0 Å². The fourth-order valence-electron chi connectivity index (χ4n) is 3.79. The molecule has 0 bridgehead atoms. The molecule has 0 saturated heterocycles. The molecule has 0 aliphatic heterocycles. The predicted octanol–water partition coefficient (Wildman–Crippen LogP) is -0.702. The Morgan fingerprint density at radius 3 is 1.31 bits per heavy atom. The van der Waals surface area contributed by atoms with Crippen molar-refractivity contribution in [1.29, 1.82) is 0 Å². The van der Waals surface area contributed by atoms with Crippen LogP contribution in [-0.4, -0.2) is 0 Å². The number of anilines is 13. The van der Waals surface area contributed by atoms with Crippen LogP contribution in [0.4, 0.5) is 96.7 Å². The van der Waals surface area contributed by atoms with E-state index < -0.39 is 16.0 Å². The minimum atomic E-state index is -1.24. The van der Waals surface area contributed by atoms with E-state index in [2.05, 4.69) is 11.2 Å².